The zero-order valence-electron chi connectivity index (χ0n) is 14.3. The molecule has 3 amide bonds. The standard InChI is InChI=1S/C16H22N4O6S/c17-11(5-9-1-3-10(21)4-2-9)15(25)18-6-13(22)20-12(8-27)16(26)19-7-14(23)24/h1-4,11-12,21,27H,5-8,17H2,(H,18,25)(H,19,26)(H,20,22)(H,23,24). The first-order valence-corrected chi connectivity index (χ1v) is 8.57. The zero-order chi connectivity index (χ0) is 20.4. The second-order valence-corrected chi connectivity index (χ2v) is 5.97. The van der Waals surface area contributed by atoms with Crippen LogP contribution in [-0.4, -0.2) is 64.8 Å². The van der Waals surface area contributed by atoms with Crippen molar-refractivity contribution in [2.45, 2.75) is 18.5 Å². The van der Waals surface area contributed by atoms with Gasteiger partial charge in [-0.2, -0.15) is 12.6 Å². The maximum absolute atomic E-state index is 12.0. The van der Waals surface area contributed by atoms with Crippen molar-refractivity contribution in [3.05, 3.63) is 29.8 Å². The Kier molecular flexibility index (Phi) is 9.09. The number of benzene rings is 1. The van der Waals surface area contributed by atoms with E-state index < -0.39 is 48.9 Å². The molecular formula is C16H22N4O6S. The smallest absolute Gasteiger partial charge is 0.322 e. The van der Waals surface area contributed by atoms with E-state index in [0.29, 0.717) is 0 Å². The molecule has 10 nitrogen and oxygen atoms in total. The minimum absolute atomic E-state index is 0.0501. The van der Waals surface area contributed by atoms with Crippen molar-refractivity contribution in [1.29, 1.82) is 0 Å². The molecule has 2 atom stereocenters. The van der Waals surface area contributed by atoms with Gasteiger partial charge in [-0.3, -0.25) is 19.2 Å². The molecule has 11 heteroatoms. The molecule has 7 N–H and O–H groups in total. The number of nitrogens with two attached hydrogens (primary N) is 1. The summed E-state index contributed by atoms with van der Waals surface area (Å²) >= 11 is 3.93. The van der Waals surface area contributed by atoms with Gasteiger partial charge in [0.25, 0.3) is 0 Å². The molecule has 148 valence electrons. The molecule has 0 saturated carbocycles. The second-order valence-electron chi connectivity index (χ2n) is 5.61. The van der Waals surface area contributed by atoms with Gasteiger partial charge in [0.2, 0.25) is 17.7 Å². The Labute approximate surface area is 160 Å². The van der Waals surface area contributed by atoms with E-state index in [2.05, 4.69) is 28.6 Å². The molecule has 27 heavy (non-hydrogen) atoms. The number of amides is 3. The quantitative estimate of drug-likeness (QED) is 0.223. The number of nitrogens with one attached hydrogen (secondary N) is 3. The third-order valence-electron chi connectivity index (χ3n) is 3.40. The number of carboxylic acid groups (broad SMARTS) is 1. The Morgan fingerprint density at radius 2 is 1.63 bits per heavy atom. The fourth-order valence-corrected chi connectivity index (χ4v) is 2.26. The van der Waals surface area contributed by atoms with E-state index in [-0.39, 0.29) is 17.9 Å². The summed E-state index contributed by atoms with van der Waals surface area (Å²) in [4.78, 5) is 46.0. The van der Waals surface area contributed by atoms with Crippen LogP contribution in [0.15, 0.2) is 24.3 Å². The van der Waals surface area contributed by atoms with Crippen LogP contribution in [0.1, 0.15) is 5.56 Å². The summed E-state index contributed by atoms with van der Waals surface area (Å²) < 4.78 is 0. The number of aromatic hydroxyl groups is 1. The molecule has 1 aromatic rings. The Morgan fingerprint density at radius 1 is 1.04 bits per heavy atom. The van der Waals surface area contributed by atoms with Crippen LogP contribution in [0.25, 0.3) is 0 Å². The van der Waals surface area contributed by atoms with Crippen LogP contribution >= 0.6 is 12.6 Å². The SMILES string of the molecule is NC(Cc1ccc(O)cc1)C(=O)NCC(=O)NC(CS)C(=O)NCC(=O)O. The summed E-state index contributed by atoms with van der Waals surface area (Å²) in [7, 11) is 0. The number of carbonyl (C=O) groups excluding carboxylic acids is 3. The fraction of sp³-hybridized carbons (Fsp3) is 0.375. The van der Waals surface area contributed by atoms with Gasteiger partial charge in [0.05, 0.1) is 12.6 Å². The summed E-state index contributed by atoms with van der Waals surface area (Å²) in [6.07, 6.45) is 0.213. The first-order chi connectivity index (χ1) is 12.7. The van der Waals surface area contributed by atoms with Gasteiger partial charge in [-0.05, 0) is 24.1 Å². The molecule has 2 unspecified atom stereocenters. The number of phenolic OH excluding ortho intramolecular Hbond substituents is 1. The molecule has 0 saturated heterocycles. The van der Waals surface area contributed by atoms with Gasteiger partial charge in [0.1, 0.15) is 18.3 Å². The topological polar surface area (TPSA) is 171 Å². The van der Waals surface area contributed by atoms with Gasteiger partial charge in [-0.15, -0.1) is 0 Å². The molecule has 0 radical (unpaired) electrons. The monoisotopic (exact) mass is 398 g/mol. The summed E-state index contributed by atoms with van der Waals surface area (Å²) in [6, 6.07) is 4.26. The Morgan fingerprint density at radius 3 is 2.19 bits per heavy atom. The van der Waals surface area contributed by atoms with Crippen molar-refractivity contribution in [3.8, 4) is 5.75 Å². The largest absolute Gasteiger partial charge is 0.508 e. The molecule has 0 heterocycles. The number of hydrogen-bond donors (Lipinski definition) is 7. The number of rotatable bonds is 10. The van der Waals surface area contributed by atoms with Gasteiger partial charge < -0.3 is 31.9 Å². The first-order valence-electron chi connectivity index (χ1n) is 7.93. The summed E-state index contributed by atoms with van der Waals surface area (Å²) in [5.41, 5.74) is 6.52. The van der Waals surface area contributed by atoms with E-state index in [4.69, 9.17) is 10.8 Å². The van der Waals surface area contributed by atoms with Crippen LogP contribution in [0.4, 0.5) is 0 Å². The number of phenols is 1. The highest BCUT2D eigenvalue weighted by Crippen LogP contribution is 2.10. The molecule has 0 aliphatic rings. The van der Waals surface area contributed by atoms with Crippen LogP contribution in [0, 0.1) is 0 Å². The minimum atomic E-state index is -1.22. The van der Waals surface area contributed by atoms with Crippen LogP contribution in [0.3, 0.4) is 0 Å². The van der Waals surface area contributed by atoms with Crippen molar-refractivity contribution in [2.24, 2.45) is 5.73 Å². The Balaban J connectivity index is 2.42. The predicted octanol–water partition coefficient (Wildman–Crippen LogP) is -2.01. The van der Waals surface area contributed by atoms with Gasteiger partial charge >= 0.3 is 5.97 Å². The van der Waals surface area contributed by atoms with E-state index in [1.807, 2.05) is 0 Å². The number of carbonyl (C=O) groups is 4. The molecule has 1 aromatic carbocycles. The summed E-state index contributed by atoms with van der Waals surface area (Å²) in [5, 5.41) is 24.6. The number of thiol groups is 1. The first kappa shape index (κ1) is 22.3. The Hall–Kier alpha value is -2.79. The number of hydrogen-bond acceptors (Lipinski definition) is 7. The molecular weight excluding hydrogens is 376 g/mol. The van der Waals surface area contributed by atoms with Gasteiger partial charge in [-0.1, -0.05) is 12.1 Å². The molecule has 0 fully saturated rings. The summed E-state index contributed by atoms with van der Waals surface area (Å²) in [5.74, 6) is -3.08. The normalized spacial score (nSPS) is 12.5. The fourth-order valence-electron chi connectivity index (χ4n) is 2.00. The second kappa shape index (κ2) is 11.0. The zero-order valence-corrected chi connectivity index (χ0v) is 15.2. The van der Waals surface area contributed by atoms with E-state index in [1.54, 1.807) is 12.1 Å². The van der Waals surface area contributed by atoms with Crippen molar-refractivity contribution in [3.63, 3.8) is 0 Å². The molecule has 0 spiro atoms. The average Bonchev–Trinajstić information content (AvgIpc) is 2.63. The lowest BCUT2D eigenvalue weighted by molar-refractivity contribution is -0.138. The molecule has 0 bridgehead atoms. The van der Waals surface area contributed by atoms with E-state index >= 15 is 0 Å². The maximum atomic E-state index is 12.0. The summed E-state index contributed by atoms with van der Waals surface area (Å²) in [6.45, 7) is -0.986. The van der Waals surface area contributed by atoms with Crippen molar-refractivity contribution in [1.82, 2.24) is 16.0 Å². The average molecular weight is 398 g/mol. The van der Waals surface area contributed by atoms with E-state index in [0.717, 1.165) is 5.56 Å². The van der Waals surface area contributed by atoms with E-state index in [9.17, 15) is 24.3 Å². The Bertz CT molecular complexity index is 682. The van der Waals surface area contributed by atoms with Crippen molar-refractivity contribution in [2.75, 3.05) is 18.8 Å². The van der Waals surface area contributed by atoms with Gasteiger partial charge in [-0.25, -0.2) is 0 Å². The van der Waals surface area contributed by atoms with Crippen LogP contribution in [-0.2, 0) is 25.6 Å². The van der Waals surface area contributed by atoms with Gasteiger partial charge in [0, 0.05) is 5.75 Å². The third-order valence-corrected chi connectivity index (χ3v) is 3.77. The lowest BCUT2D eigenvalue weighted by Crippen LogP contribution is -2.52. The highest BCUT2D eigenvalue weighted by Gasteiger charge is 2.21. The lowest BCUT2D eigenvalue weighted by atomic mass is 10.1. The highest BCUT2D eigenvalue weighted by molar-refractivity contribution is 7.80. The number of aliphatic carboxylic acids is 1. The predicted molar refractivity (Wildman–Crippen MR) is 99.2 cm³/mol. The third kappa shape index (κ3) is 8.42. The molecule has 0 aliphatic carbocycles. The highest BCUT2D eigenvalue weighted by atomic mass is 32.1. The molecule has 0 aliphatic heterocycles. The molecule has 1 rings (SSSR count). The maximum Gasteiger partial charge on any atom is 0.322 e. The molecule has 0 aromatic heterocycles. The van der Waals surface area contributed by atoms with Crippen LogP contribution in [0.5, 0.6) is 5.75 Å². The lowest BCUT2D eigenvalue weighted by Gasteiger charge is -2.17. The van der Waals surface area contributed by atoms with Crippen LogP contribution in [0.2, 0.25) is 0 Å². The van der Waals surface area contributed by atoms with Crippen LogP contribution < -0.4 is 21.7 Å². The minimum Gasteiger partial charge on any atom is -0.508 e. The number of carboxylic acids is 1. The van der Waals surface area contributed by atoms with E-state index in [1.165, 1.54) is 12.1 Å². The van der Waals surface area contributed by atoms with Crippen molar-refractivity contribution < 1.29 is 29.4 Å². The van der Waals surface area contributed by atoms with Crippen molar-refractivity contribution >= 4 is 36.3 Å². The van der Waals surface area contributed by atoms with Gasteiger partial charge in [0.15, 0.2) is 0 Å².